The molecule has 0 saturated carbocycles. The molecule has 0 fully saturated rings. The second-order valence-corrected chi connectivity index (χ2v) is 2.41. The first-order valence-corrected chi connectivity index (χ1v) is 3.33. The molecule has 0 N–H and O–H groups in total. The highest BCUT2D eigenvalue weighted by atomic mass is 16.5. The Kier molecular flexibility index (Phi) is 3.77. The highest BCUT2D eigenvalue weighted by Gasteiger charge is 2.17. The number of methoxy groups -OCH3 is 1. The van der Waals surface area contributed by atoms with Crippen LogP contribution in [-0.4, -0.2) is 13.1 Å². The van der Waals surface area contributed by atoms with Crippen molar-refractivity contribution in [3.05, 3.63) is 12.7 Å². The fourth-order valence-electron chi connectivity index (χ4n) is 0.605. The molecule has 0 aliphatic heterocycles. The number of hydrogen-bond acceptors (Lipinski definition) is 2. The van der Waals surface area contributed by atoms with Crippen LogP contribution in [0.1, 0.15) is 13.8 Å². The van der Waals surface area contributed by atoms with Crippen molar-refractivity contribution in [1.29, 1.82) is 0 Å². The molecule has 0 aliphatic carbocycles. The maximum absolute atomic E-state index is 10.8. The quantitative estimate of drug-likeness (QED) is 0.442. The molecule has 0 amide bonds. The van der Waals surface area contributed by atoms with Gasteiger partial charge >= 0.3 is 5.97 Å². The molecule has 0 bridgehead atoms. The maximum atomic E-state index is 10.8. The van der Waals surface area contributed by atoms with Gasteiger partial charge in [0.25, 0.3) is 0 Å². The summed E-state index contributed by atoms with van der Waals surface area (Å²) in [7, 11) is 1.40. The van der Waals surface area contributed by atoms with Crippen molar-refractivity contribution in [3.63, 3.8) is 0 Å². The molecule has 10 heavy (non-hydrogen) atoms. The molecule has 0 aromatic heterocycles. The van der Waals surface area contributed by atoms with E-state index in [-0.39, 0.29) is 17.8 Å². The molecule has 58 valence electrons. The second-order valence-electron chi connectivity index (χ2n) is 2.41. The van der Waals surface area contributed by atoms with E-state index >= 15 is 0 Å². The lowest BCUT2D eigenvalue weighted by Gasteiger charge is -2.12. The summed E-state index contributed by atoms with van der Waals surface area (Å²) in [5, 5.41) is 0. The minimum absolute atomic E-state index is 0.0810. The zero-order valence-electron chi connectivity index (χ0n) is 6.76. The highest BCUT2D eigenvalue weighted by Crippen LogP contribution is 2.12. The lowest BCUT2D eigenvalue weighted by Crippen LogP contribution is -2.18. The highest BCUT2D eigenvalue weighted by molar-refractivity contribution is 5.72. The van der Waals surface area contributed by atoms with Gasteiger partial charge in [0.15, 0.2) is 0 Å². The van der Waals surface area contributed by atoms with Crippen molar-refractivity contribution < 1.29 is 9.53 Å². The number of carbonyl (C=O) groups excluding carboxylic acids is 1. The first-order valence-electron chi connectivity index (χ1n) is 3.33. The molecule has 0 aromatic rings. The van der Waals surface area contributed by atoms with Gasteiger partial charge in [-0.25, -0.2) is 0 Å². The van der Waals surface area contributed by atoms with Gasteiger partial charge in [-0.2, -0.15) is 0 Å². The molecular weight excluding hydrogens is 128 g/mol. The largest absolute Gasteiger partial charge is 0.469 e. The van der Waals surface area contributed by atoms with Crippen LogP contribution in [0.25, 0.3) is 0 Å². The summed E-state index contributed by atoms with van der Waals surface area (Å²) in [4.78, 5) is 10.8. The SMILES string of the molecule is C=C[C@H](C)[C@@H](C)C(=O)OC. The number of allylic oxidation sites excluding steroid dienone is 1. The average molecular weight is 142 g/mol. The Labute approximate surface area is 61.9 Å². The molecule has 0 rings (SSSR count). The molecule has 0 aromatic carbocycles. The summed E-state index contributed by atoms with van der Waals surface area (Å²) in [5.41, 5.74) is 0. The minimum atomic E-state index is -0.174. The smallest absolute Gasteiger partial charge is 0.308 e. The summed E-state index contributed by atoms with van der Waals surface area (Å²) in [6.07, 6.45) is 1.75. The van der Waals surface area contributed by atoms with Gasteiger partial charge in [0, 0.05) is 0 Å². The molecule has 0 spiro atoms. The molecule has 0 heterocycles. The second kappa shape index (κ2) is 4.09. The first kappa shape index (κ1) is 9.21. The molecular formula is C8H14O2. The van der Waals surface area contributed by atoms with Crippen LogP contribution < -0.4 is 0 Å². The zero-order chi connectivity index (χ0) is 8.15. The van der Waals surface area contributed by atoms with Gasteiger partial charge in [0.2, 0.25) is 0 Å². The van der Waals surface area contributed by atoms with Crippen LogP contribution in [0.4, 0.5) is 0 Å². The topological polar surface area (TPSA) is 26.3 Å². The monoisotopic (exact) mass is 142 g/mol. The fraction of sp³-hybridized carbons (Fsp3) is 0.625. The van der Waals surface area contributed by atoms with Crippen LogP contribution in [0.3, 0.4) is 0 Å². The van der Waals surface area contributed by atoms with Crippen molar-refractivity contribution in [2.45, 2.75) is 13.8 Å². The van der Waals surface area contributed by atoms with Crippen LogP contribution in [0.15, 0.2) is 12.7 Å². The van der Waals surface area contributed by atoms with E-state index in [9.17, 15) is 4.79 Å². The molecule has 2 nitrogen and oxygen atoms in total. The Morgan fingerprint density at radius 3 is 2.40 bits per heavy atom. The van der Waals surface area contributed by atoms with Gasteiger partial charge < -0.3 is 4.74 Å². The summed E-state index contributed by atoms with van der Waals surface area (Å²) >= 11 is 0. The van der Waals surface area contributed by atoms with E-state index in [2.05, 4.69) is 11.3 Å². The van der Waals surface area contributed by atoms with E-state index in [1.165, 1.54) is 7.11 Å². The number of carbonyl (C=O) groups is 1. The van der Waals surface area contributed by atoms with Crippen LogP contribution >= 0.6 is 0 Å². The maximum Gasteiger partial charge on any atom is 0.308 e. The Hall–Kier alpha value is -0.790. The molecule has 2 atom stereocenters. The van der Waals surface area contributed by atoms with Gasteiger partial charge in [-0.1, -0.05) is 19.9 Å². The van der Waals surface area contributed by atoms with Crippen LogP contribution in [0, 0.1) is 11.8 Å². The predicted molar refractivity (Wildman–Crippen MR) is 40.5 cm³/mol. The standard InChI is InChI=1S/C8H14O2/c1-5-6(2)7(3)8(9)10-4/h5-7H,1H2,2-4H3/t6-,7+/m0/s1. The molecule has 2 heteroatoms. The Bertz CT molecular complexity index is 129. The van der Waals surface area contributed by atoms with Gasteiger partial charge in [0.1, 0.15) is 0 Å². The van der Waals surface area contributed by atoms with Gasteiger partial charge in [0.05, 0.1) is 13.0 Å². The van der Waals surface area contributed by atoms with Crippen LogP contribution in [-0.2, 0) is 9.53 Å². The van der Waals surface area contributed by atoms with E-state index in [0.717, 1.165) is 0 Å². The summed E-state index contributed by atoms with van der Waals surface area (Å²) in [6, 6.07) is 0. The lowest BCUT2D eigenvalue weighted by molar-refractivity contribution is -0.145. The number of esters is 1. The van der Waals surface area contributed by atoms with E-state index in [1.54, 1.807) is 6.08 Å². The number of ether oxygens (including phenoxy) is 1. The third-order valence-electron chi connectivity index (χ3n) is 1.73. The Morgan fingerprint density at radius 2 is 2.10 bits per heavy atom. The van der Waals surface area contributed by atoms with Crippen molar-refractivity contribution in [2.75, 3.05) is 7.11 Å². The average Bonchev–Trinajstić information content (AvgIpc) is 2.00. The van der Waals surface area contributed by atoms with E-state index in [0.29, 0.717) is 0 Å². The molecule has 0 aliphatic rings. The fourth-order valence-corrected chi connectivity index (χ4v) is 0.605. The van der Waals surface area contributed by atoms with Gasteiger partial charge in [-0.05, 0) is 5.92 Å². The predicted octanol–water partition coefficient (Wildman–Crippen LogP) is 1.62. The Balaban J connectivity index is 3.93. The summed E-state index contributed by atoms with van der Waals surface area (Å²) in [6.45, 7) is 7.36. The lowest BCUT2D eigenvalue weighted by atomic mass is 9.97. The third kappa shape index (κ3) is 2.21. The zero-order valence-corrected chi connectivity index (χ0v) is 6.76. The van der Waals surface area contributed by atoms with Crippen LogP contribution in [0.2, 0.25) is 0 Å². The Morgan fingerprint density at radius 1 is 1.60 bits per heavy atom. The summed E-state index contributed by atoms with van der Waals surface area (Å²) in [5.74, 6) is -0.0673. The third-order valence-corrected chi connectivity index (χ3v) is 1.73. The van der Waals surface area contributed by atoms with Crippen LogP contribution in [0.5, 0.6) is 0 Å². The molecule has 0 radical (unpaired) electrons. The van der Waals surface area contributed by atoms with Crippen molar-refractivity contribution >= 4 is 5.97 Å². The minimum Gasteiger partial charge on any atom is -0.469 e. The van der Waals surface area contributed by atoms with Crippen molar-refractivity contribution in [2.24, 2.45) is 11.8 Å². The number of hydrogen-bond donors (Lipinski definition) is 0. The number of rotatable bonds is 3. The molecule has 0 unspecified atom stereocenters. The van der Waals surface area contributed by atoms with E-state index in [1.807, 2.05) is 13.8 Å². The van der Waals surface area contributed by atoms with Gasteiger partial charge in [-0.15, -0.1) is 6.58 Å². The van der Waals surface area contributed by atoms with Gasteiger partial charge in [-0.3, -0.25) is 4.79 Å². The first-order chi connectivity index (χ1) is 4.63. The summed E-state index contributed by atoms with van der Waals surface area (Å²) < 4.78 is 4.55. The van der Waals surface area contributed by atoms with E-state index < -0.39 is 0 Å². The van der Waals surface area contributed by atoms with E-state index in [4.69, 9.17) is 0 Å². The van der Waals surface area contributed by atoms with Crippen molar-refractivity contribution in [3.8, 4) is 0 Å². The molecule has 0 saturated heterocycles. The normalized spacial score (nSPS) is 15.5. The van der Waals surface area contributed by atoms with Crippen molar-refractivity contribution in [1.82, 2.24) is 0 Å².